The third-order valence-electron chi connectivity index (χ3n) is 4.19. The summed E-state index contributed by atoms with van der Waals surface area (Å²) in [5, 5.41) is 0. The third-order valence-corrected chi connectivity index (χ3v) is 4.19. The smallest absolute Gasteiger partial charge is 0.130 e. The Morgan fingerprint density at radius 2 is 1.15 bits per heavy atom. The van der Waals surface area contributed by atoms with Crippen molar-refractivity contribution in [2.24, 2.45) is 5.92 Å². The zero-order chi connectivity index (χ0) is 15.1. The molecule has 0 aromatic carbocycles. The average Bonchev–Trinajstić information content (AvgIpc) is 2.44. The molecule has 0 unspecified atom stereocenters. The summed E-state index contributed by atoms with van der Waals surface area (Å²) in [4.78, 5) is 0. The molecule has 0 bridgehead atoms. The molecule has 1 aliphatic carbocycles. The van der Waals surface area contributed by atoms with E-state index in [2.05, 4.69) is 6.92 Å². The largest absolute Gasteiger partial charge is 0.326 e. The van der Waals surface area contributed by atoms with E-state index < -0.39 is 6.73 Å². The van der Waals surface area contributed by atoms with E-state index in [0.29, 0.717) is 0 Å². The van der Waals surface area contributed by atoms with E-state index in [4.69, 9.17) is 33.2 Å². The second-order valence-electron chi connectivity index (χ2n) is 6.02. The summed E-state index contributed by atoms with van der Waals surface area (Å²) >= 11 is 14.8. The van der Waals surface area contributed by atoms with Gasteiger partial charge in [0.2, 0.25) is 0 Å². The summed E-state index contributed by atoms with van der Waals surface area (Å²) < 4.78 is 0. The van der Waals surface area contributed by atoms with E-state index in [-0.39, 0.29) is 0 Å². The van der Waals surface area contributed by atoms with Gasteiger partial charge < -0.3 is 0 Å². The fourth-order valence-electron chi connectivity index (χ4n) is 3.04. The van der Waals surface area contributed by atoms with Gasteiger partial charge in [0, 0.05) is 0 Å². The van der Waals surface area contributed by atoms with Crippen LogP contribution in [0.4, 0.5) is 0 Å². The molecule has 0 heterocycles. The predicted octanol–water partition coefficient (Wildman–Crippen LogP) is 7.52. The lowest BCUT2D eigenvalue weighted by atomic mass is 9.90. The van der Waals surface area contributed by atoms with Crippen molar-refractivity contribution in [1.29, 1.82) is 0 Å². The molecule has 0 N–H and O–H groups in total. The minimum absolute atomic E-state index is 1.07. The fraction of sp³-hybridized carbons (Fsp3) is 1.00. The van der Waals surface area contributed by atoms with Crippen LogP contribution in [0.25, 0.3) is 0 Å². The first-order chi connectivity index (χ1) is 9.66. The maximum Gasteiger partial charge on any atom is 0.326 e. The Morgan fingerprint density at radius 1 is 0.750 bits per heavy atom. The molecule has 122 valence electrons. The van der Waals surface area contributed by atoms with Gasteiger partial charge in [-0.3, -0.25) is 0 Å². The van der Waals surface area contributed by atoms with Crippen molar-refractivity contribution in [3.05, 3.63) is 0 Å². The van der Waals surface area contributed by atoms with Crippen molar-refractivity contribution in [1.82, 2.24) is 0 Å². The molecule has 0 radical (unpaired) electrons. The minimum atomic E-state index is -1.72. The lowest BCUT2D eigenvalue weighted by Crippen LogP contribution is -2.01. The zero-order valence-corrected chi connectivity index (χ0v) is 16.6. The Morgan fingerprint density at radius 3 is 1.55 bits per heavy atom. The first kappa shape index (κ1) is 21.1. The molecular formula is C16H33Cl3Si. The normalized spacial score (nSPS) is 19.1. The molecule has 4 heteroatoms. The van der Waals surface area contributed by atoms with Crippen LogP contribution in [0.3, 0.4) is 0 Å². The van der Waals surface area contributed by atoms with E-state index in [1.165, 1.54) is 89.9 Å². The van der Waals surface area contributed by atoms with Crippen molar-refractivity contribution < 1.29 is 0 Å². The molecule has 1 saturated carbocycles. The quantitative estimate of drug-likeness (QED) is 0.276. The molecule has 0 atom stereocenters. The second-order valence-corrected chi connectivity index (χ2v) is 12.4. The van der Waals surface area contributed by atoms with Crippen LogP contribution in [0.1, 0.15) is 96.8 Å². The summed E-state index contributed by atoms with van der Waals surface area (Å²) in [7, 11) is 0. The van der Waals surface area contributed by atoms with E-state index in [1.54, 1.807) is 0 Å². The van der Waals surface area contributed by atoms with E-state index in [9.17, 15) is 0 Å². The highest BCUT2D eigenvalue weighted by molar-refractivity contribution is 7.54. The molecule has 0 amide bonds. The highest BCUT2D eigenvalue weighted by Crippen LogP contribution is 2.25. The molecule has 0 saturated heterocycles. The Balaban J connectivity index is 0.000000796. The SMILES string of the molecule is CCCCCC1CCCCCCCCCC1.Cl[SiH](Cl)Cl. The maximum atomic E-state index is 4.94. The van der Waals surface area contributed by atoms with Gasteiger partial charge in [-0.05, 0) is 5.92 Å². The molecule has 0 nitrogen and oxygen atoms in total. The van der Waals surface area contributed by atoms with Crippen LogP contribution in [0.15, 0.2) is 0 Å². The highest BCUT2D eigenvalue weighted by atomic mass is 35.8. The summed E-state index contributed by atoms with van der Waals surface area (Å²) in [5.74, 6) is 1.07. The first-order valence-electron chi connectivity index (χ1n) is 8.59. The standard InChI is InChI=1S/C16H32.Cl3HSi/c1-2-3-10-13-16-14-11-8-6-4-5-7-9-12-15-16;1-4(2)3/h16H,2-15H2,1H3;4H. The van der Waals surface area contributed by atoms with Crippen LogP contribution in [0.2, 0.25) is 0 Å². The number of hydrogen-bond acceptors (Lipinski definition) is 0. The maximum absolute atomic E-state index is 4.94. The Hall–Kier alpha value is 1.09. The summed E-state index contributed by atoms with van der Waals surface area (Å²) in [6.07, 6.45) is 20.9. The lowest BCUT2D eigenvalue weighted by Gasteiger charge is -2.16. The average molecular weight is 360 g/mol. The van der Waals surface area contributed by atoms with Crippen LogP contribution in [0.5, 0.6) is 0 Å². The molecule has 1 aliphatic rings. The molecule has 1 fully saturated rings. The van der Waals surface area contributed by atoms with Crippen molar-refractivity contribution in [3.63, 3.8) is 0 Å². The number of halogens is 3. The van der Waals surface area contributed by atoms with Crippen molar-refractivity contribution in [2.75, 3.05) is 0 Å². The van der Waals surface area contributed by atoms with Gasteiger partial charge in [0.25, 0.3) is 0 Å². The summed E-state index contributed by atoms with van der Waals surface area (Å²) in [6, 6.07) is 0. The molecule has 0 spiro atoms. The van der Waals surface area contributed by atoms with Gasteiger partial charge in [0.1, 0.15) is 0 Å². The van der Waals surface area contributed by atoms with E-state index >= 15 is 0 Å². The second kappa shape index (κ2) is 16.5. The topological polar surface area (TPSA) is 0 Å². The highest BCUT2D eigenvalue weighted by Gasteiger charge is 2.09. The van der Waals surface area contributed by atoms with Crippen molar-refractivity contribution in [2.45, 2.75) is 96.8 Å². The number of unbranched alkanes of at least 4 members (excludes halogenated alkanes) is 2. The van der Waals surface area contributed by atoms with Crippen molar-refractivity contribution in [3.8, 4) is 0 Å². The first-order valence-corrected chi connectivity index (χ1v) is 13.8. The Labute approximate surface area is 142 Å². The molecular weight excluding hydrogens is 327 g/mol. The molecule has 0 aliphatic heterocycles. The predicted molar refractivity (Wildman–Crippen MR) is 98.5 cm³/mol. The van der Waals surface area contributed by atoms with Crippen molar-refractivity contribution >= 4 is 40.0 Å². The monoisotopic (exact) mass is 358 g/mol. The lowest BCUT2D eigenvalue weighted by molar-refractivity contribution is 0.375. The van der Waals surface area contributed by atoms with Gasteiger partial charge in [-0.15, -0.1) is 33.2 Å². The van der Waals surface area contributed by atoms with Crippen LogP contribution in [0, 0.1) is 5.92 Å². The zero-order valence-electron chi connectivity index (χ0n) is 13.2. The van der Waals surface area contributed by atoms with Gasteiger partial charge in [-0.1, -0.05) is 96.8 Å². The summed E-state index contributed by atoms with van der Waals surface area (Å²) in [6.45, 7) is 0.595. The van der Waals surface area contributed by atoms with E-state index in [0.717, 1.165) is 5.92 Å². The number of rotatable bonds is 4. The van der Waals surface area contributed by atoms with Gasteiger partial charge in [0.15, 0.2) is 0 Å². The molecule has 0 aromatic heterocycles. The summed E-state index contributed by atoms with van der Waals surface area (Å²) in [5.41, 5.74) is 0. The van der Waals surface area contributed by atoms with Gasteiger partial charge >= 0.3 is 6.73 Å². The molecule has 0 aromatic rings. The fourth-order valence-corrected chi connectivity index (χ4v) is 3.04. The molecule has 1 rings (SSSR count). The Bertz CT molecular complexity index is 174. The molecule has 20 heavy (non-hydrogen) atoms. The Kier molecular flexibility index (Phi) is 17.4. The van der Waals surface area contributed by atoms with Gasteiger partial charge in [-0.2, -0.15) is 0 Å². The van der Waals surface area contributed by atoms with Crippen LogP contribution in [-0.4, -0.2) is 6.73 Å². The number of hydrogen-bond donors (Lipinski definition) is 0. The van der Waals surface area contributed by atoms with Gasteiger partial charge in [-0.25, -0.2) is 0 Å². The minimum Gasteiger partial charge on any atom is -0.130 e. The van der Waals surface area contributed by atoms with Crippen LogP contribution < -0.4 is 0 Å². The van der Waals surface area contributed by atoms with Crippen LogP contribution >= 0.6 is 33.2 Å². The van der Waals surface area contributed by atoms with Gasteiger partial charge in [0.05, 0.1) is 0 Å². The van der Waals surface area contributed by atoms with E-state index in [1.807, 2.05) is 0 Å². The third kappa shape index (κ3) is 17.1. The van der Waals surface area contributed by atoms with Crippen LogP contribution in [-0.2, 0) is 0 Å².